The molecule has 5 N–H and O–H groups in total. The molecule has 0 bridgehead atoms. The van der Waals surface area contributed by atoms with Crippen molar-refractivity contribution in [1.82, 2.24) is 36.0 Å². The van der Waals surface area contributed by atoms with Crippen molar-refractivity contribution < 1.29 is 23.4 Å². The number of hydrogen-bond acceptors (Lipinski definition) is 10. The van der Waals surface area contributed by atoms with Gasteiger partial charge in [0.25, 0.3) is 5.91 Å². The Kier molecular flexibility index (Phi) is 9.91. The number of amides is 1. The van der Waals surface area contributed by atoms with Crippen LogP contribution in [0.1, 0.15) is 50.5 Å². The van der Waals surface area contributed by atoms with Crippen molar-refractivity contribution in [3.05, 3.63) is 67.8 Å². The zero-order chi connectivity index (χ0) is 24.8. The highest BCUT2D eigenvalue weighted by atomic mass is 79.9. The standard InChI is InChI=1S/C11H12BrN3O3.C9H9BrN4O2.H3N/c1-3-17-11(16)9-5-8(18-14-9)4-7-6-15(2)13-10(7)12;1-14-4-5(8(10)12-14)2-6-3-7(9(11)15)13-16-6;/h5-6H,3-4H2,1-2H3;3-4H,2H2,1H3,(H2,11,15);1H3. The molecule has 0 spiro atoms. The molecule has 0 aliphatic rings. The molecule has 1 amide bonds. The summed E-state index contributed by atoms with van der Waals surface area (Å²) in [5.74, 6) is 0.0901. The van der Waals surface area contributed by atoms with E-state index in [2.05, 4.69) is 52.4 Å². The third-order valence-corrected chi connectivity index (χ3v) is 5.63. The summed E-state index contributed by atoms with van der Waals surface area (Å²) in [5.41, 5.74) is 7.30. The predicted octanol–water partition coefficient (Wildman–Crippen LogP) is 2.96. The van der Waals surface area contributed by atoms with Crippen LogP contribution < -0.4 is 11.9 Å². The van der Waals surface area contributed by atoms with Crippen molar-refractivity contribution in [2.75, 3.05) is 6.61 Å². The van der Waals surface area contributed by atoms with E-state index < -0.39 is 11.9 Å². The number of aromatic nitrogens is 6. The molecular weight excluding hydrogens is 592 g/mol. The first-order valence-corrected chi connectivity index (χ1v) is 11.5. The van der Waals surface area contributed by atoms with Crippen LogP contribution in [0, 0.1) is 0 Å². The number of halogens is 2. The van der Waals surface area contributed by atoms with Gasteiger partial charge in [0.2, 0.25) is 0 Å². The molecule has 0 saturated carbocycles. The molecular formula is C20H24Br2N8O5. The lowest BCUT2D eigenvalue weighted by Crippen LogP contribution is -2.10. The quantitative estimate of drug-likeness (QED) is 0.292. The van der Waals surface area contributed by atoms with Gasteiger partial charge in [-0.15, -0.1) is 0 Å². The maximum Gasteiger partial charge on any atom is 0.360 e. The molecule has 0 fully saturated rings. The zero-order valence-corrected chi connectivity index (χ0v) is 22.4. The molecule has 13 nitrogen and oxygen atoms in total. The van der Waals surface area contributed by atoms with Gasteiger partial charge in [0, 0.05) is 62.6 Å². The van der Waals surface area contributed by atoms with E-state index >= 15 is 0 Å². The Balaban J connectivity index is 0.000000241. The number of ether oxygens (including phenoxy) is 1. The van der Waals surface area contributed by atoms with Gasteiger partial charge in [-0.2, -0.15) is 10.2 Å². The fourth-order valence-corrected chi connectivity index (χ4v) is 3.83. The molecule has 15 heteroatoms. The van der Waals surface area contributed by atoms with E-state index in [9.17, 15) is 9.59 Å². The fourth-order valence-electron chi connectivity index (χ4n) is 2.84. The number of hydrogen-bond donors (Lipinski definition) is 2. The molecule has 4 aromatic rings. The van der Waals surface area contributed by atoms with Gasteiger partial charge in [-0.1, -0.05) is 10.3 Å². The molecule has 4 rings (SSSR count). The molecule has 35 heavy (non-hydrogen) atoms. The van der Waals surface area contributed by atoms with Crippen molar-refractivity contribution in [1.29, 1.82) is 0 Å². The van der Waals surface area contributed by atoms with Gasteiger partial charge in [0.05, 0.1) is 6.61 Å². The Labute approximate surface area is 216 Å². The van der Waals surface area contributed by atoms with Gasteiger partial charge in [-0.3, -0.25) is 14.2 Å². The van der Waals surface area contributed by atoms with Gasteiger partial charge in [-0.05, 0) is 38.8 Å². The summed E-state index contributed by atoms with van der Waals surface area (Å²) < 4.78 is 19.8. The maximum absolute atomic E-state index is 11.4. The van der Waals surface area contributed by atoms with Crippen molar-refractivity contribution >= 4 is 43.7 Å². The molecule has 0 aliphatic heterocycles. The van der Waals surface area contributed by atoms with E-state index in [0.717, 1.165) is 20.3 Å². The summed E-state index contributed by atoms with van der Waals surface area (Å²) in [6, 6.07) is 3.11. The molecule has 0 radical (unpaired) electrons. The minimum atomic E-state index is -0.597. The van der Waals surface area contributed by atoms with Gasteiger partial charge in [0.1, 0.15) is 20.7 Å². The molecule has 4 aromatic heterocycles. The van der Waals surface area contributed by atoms with Crippen molar-refractivity contribution in [2.24, 2.45) is 19.8 Å². The molecule has 188 valence electrons. The Morgan fingerprint density at radius 2 is 1.40 bits per heavy atom. The summed E-state index contributed by atoms with van der Waals surface area (Å²) in [5, 5.41) is 15.5. The van der Waals surface area contributed by atoms with Gasteiger partial charge >= 0.3 is 5.97 Å². The van der Waals surface area contributed by atoms with Crippen LogP contribution in [0.15, 0.2) is 42.8 Å². The second-order valence-corrected chi connectivity index (χ2v) is 8.54. The summed E-state index contributed by atoms with van der Waals surface area (Å²) >= 11 is 6.67. The number of rotatable bonds is 7. The van der Waals surface area contributed by atoms with Crippen LogP contribution in [0.2, 0.25) is 0 Å². The first-order valence-electron chi connectivity index (χ1n) is 9.90. The van der Waals surface area contributed by atoms with E-state index in [1.54, 1.807) is 22.4 Å². The lowest BCUT2D eigenvalue weighted by molar-refractivity contribution is 0.0514. The first kappa shape index (κ1) is 27.9. The molecule has 0 unspecified atom stereocenters. The van der Waals surface area contributed by atoms with Gasteiger partial charge in [-0.25, -0.2) is 4.79 Å². The number of esters is 1. The SMILES string of the molecule is CCOC(=O)c1cc(Cc2cn(C)nc2Br)on1.Cn1cc(Cc2cc(C(N)=O)no2)c(Br)n1.N. The van der Waals surface area contributed by atoms with Crippen LogP contribution in [0.3, 0.4) is 0 Å². The minimum absolute atomic E-state index is 0. The average Bonchev–Trinajstić information content (AvgIpc) is 3.53. The number of primary amides is 1. The lowest BCUT2D eigenvalue weighted by Gasteiger charge is -1.94. The van der Waals surface area contributed by atoms with E-state index in [4.69, 9.17) is 19.5 Å². The lowest BCUT2D eigenvalue weighted by atomic mass is 10.2. The van der Waals surface area contributed by atoms with Crippen LogP contribution in [0.25, 0.3) is 0 Å². The molecule has 0 saturated heterocycles. The topological polar surface area (TPSA) is 192 Å². The maximum atomic E-state index is 11.4. The molecule has 4 heterocycles. The second kappa shape index (κ2) is 12.4. The Hall–Kier alpha value is -3.30. The first-order chi connectivity index (χ1) is 16.2. The Morgan fingerprint density at radius 1 is 0.943 bits per heavy atom. The molecule has 0 aromatic carbocycles. The number of carbonyl (C=O) groups excluding carboxylic acids is 2. The van der Waals surface area contributed by atoms with Crippen LogP contribution >= 0.6 is 31.9 Å². The summed E-state index contributed by atoms with van der Waals surface area (Å²) in [4.78, 5) is 22.2. The number of carbonyl (C=O) groups is 2. The minimum Gasteiger partial charge on any atom is -0.461 e. The zero-order valence-electron chi connectivity index (χ0n) is 19.2. The number of nitrogens with two attached hydrogens (primary N) is 1. The van der Waals surface area contributed by atoms with Gasteiger partial charge in [0.15, 0.2) is 11.4 Å². The van der Waals surface area contributed by atoms with Crippen molar-refractivity contribution in [3.8, 4) is 0 Å². The van der Waals surface area contributed by atoms with Crippen molar-refractivity contribution in [2.45, 2.75) is 19.8 Å². The average molecular weight is 616 g/mol. The molecule has 0 aliphatic carbocycles. The largest absolute Gasteiger partial charge is 0.461 e. The third-order valence-electron chi connectivity index (χ3n) is 4.29. The monoisotopic (exact) mass is 614 g/mol. The molecule has 0 atom stereocenters. The summed E-state index contributed by atoms with van der Waals surface area (Å²) in [6.07, 6.45) is 4.75. The second-order valence-electron chi connectivity index (χ2n) is 7.03. The van der Waals surface area contributed by atoms with Crippen LogP contribution in [0.5, 0.6) is 0 Å². The highest BCUT2D eigenvalue weighted by Gasteiger charge is 2.15. The van der Waals surface area contributed by atoms with E-state index in [0.29, 0.717) is 31.0 Å². The van der Waals surface area contributed by atoms with E-state index in [-0.39, 0.29) is 17.5 Å². The highest BCUT2D eigenvalue weighted by Crippen LogP contribution is 2.19. The predicted molar refractivity (Wildman–Crippen MR) is 130 cm³/mol. The van der Waals surface area contributed by atoms with E-state index in [1.165, 1.54) is 6.07 Å². The van der Waals surface area contributed by atoms with Crippen LogP contribution in [-0.2, 0) is 31.7 Å². The Morgan fingerprint density at radius 3 is 1.77 bits per heavy atom. The smallest absolute Gasteiger partial charge is 0.360 e. The van der Waals surface area contributed by atoms with E-state index in [1.807, 2.05) is 26.5 Å². The van der Waals surface area contributed by atoms with Crippen LogP contribution in [-0.4, -0.2) is 48.4 Å². The van der Waals surface area contributed by atoms with Crippen LogP contribution in [0.4, 0.5) is 0 Å². The number of aryl methyl sites for hydroxylation is 2. The Bertz CT molecular complexity index is 1290. The number of nitrogens with zero attached hydrogens (tertiary/aromatic N) is 6. The normalized spacial score (nSPS) is 10.3. The third kappa shape index (κ3) is 7.60. The van der Waals surface area contributed by atoms with Crippen molar-refractivity contribution in [3.63, 3.8) is 0 Å². The summed E-state index contributed by atoms with van der Waals surface area (Å²) in [6.45, 7) is 2.06. The van der Waals surface area contributed by atoms with Gasteiger partial charge < -0.3 is 25.7 Å². The fraction of sp³-hybridized carbons (Fsp3) is 0.300. The summed E-state index contributed by atoms with van der Waals surface area (Å²) in [7, 11) is 3.65. The highest BCUT2D eigenvalue weighted by molar-refractivity contribution is 9.10.